The number of likely N-dealkylation sites (N-methyl/N-ethyl adjacent to an activating group) is 2. The van der Waals surface area contributed by atoms with Crippen LogP contribution < -0.4 is 20.9 Å². The molecule has 3 aliphatic rings. The number of hydrogen-bond donors (Lipinski definition) is 2. The molecule has 0 bridgehead atoms. The number of nitrogens with zero attached hydrogens (tertiary/aromatic N) is 5. The van der Waals surface area contributed by atoms with Gasteiger partial charge in [0.1, 0.15) is 5.84 Å². The highest BCUT2D eigenvalue weighted by Crippen LogP contribution is 2.36. The fourth-order valence-electron chi connectivity index (χ4n) is 5.23. The van der Waals surface area contributed by atoms with Crippen molar-refractivity contribution in [2.75, 3.05) is 68.9 Å². The Labute approximate surface area is 202 Å². The van der Waals surface area contributed by atoms with Gasteiger partial charge in [-0.2, -0.15) is 0 Å². The van der Waals surface area contributed by atoms with Gasteiger partial charge in [-0.05, 0) is 43.3 Å². The second kappa shape index (κ2) is 9.27. The highest BCUT2D eigenvalue weighted by Gasteiger charge is 2.36. The number of hydrogen-bond acceptors (Lipinski definition) is 7. The van der Waals surface area contributed by atoms with E-state index in [1.807, 2.05) is 29.2 Å². The Morgan fingerprint density at radius 3 is 2.59 bits per heavy atom. The molecule has 34 heavy (non-hydrogen) atoms. The van der Waals surface area contributed by atoms with Crippen LogP contribution in [0.25, 0.3) is 0 Å². The van der Waals surface area contributed by atoms with E-state index in [1.165, 1.54) is 0 Å². The molecule has 1 fully saturated rings. The van der Waals surface area contributed by atoms with Crippen LogP contribution in [0.2, 0.25) is 0 Å². The first kappa shape index (κ1) is 22.7. The van der Waals surface area contributed by atoms with E-state index in [-0.39, 0.29) is 11.9 Å². The van der Waals surface area contributed by atoms with Gasteiger partial charge in [-0.1, -0.05) is 25.1 Å². The number of nitrogens with one attached hydrogen (secondary N) is 1. The highest BCUT2D eigenvalue weighted by molar-refractivity contribution is 6.11. The summed E-state index contributed by atoms with van der Waals surface area (Å²) in [7, 11) is 4.21. The van der Waals surface area contributed by atoms with Crippen molar-refractivity contribution in [1.29, 1.82) is 0 Å². The quantitative estimate of drug-likeness (QED) is 0.679. The van der Waals surface area contributed by atoms with E-state index >= 15 is 0 Å². The minimum absolute atomic E-state index is 0.00303. The van der Waals surface area contributed by atoms with Gasteiger partial charge < -0.3 is 25.3 Å². The van der Waals surface area contributed by atoms with Gasteiger partial charge in [0.2, 0.25) is 0 Å². The molecule has 2 atom stereocenters. The third-order valence-electron chi connectivity index (χ3n) is 7.09. The number of amidine groups is 1. The van der Waals surface area contributed by atoms with E-state index in [0.717, 1.165) is 73.2 Å². The largest absolute Gasteiger partial charge is 0.399 e. The second-order valence-corrected chi connectivity index (χ2v) is 9.57. The molecule has 2 aromatic carbocycles. The lowest BCUT2D eigenvalue weighted by Crippen LogP contribution is -2.49. The molecule has 0 aliphatic carbocycles. The number of aliphatic imine (C=N–C) groups is 1. The van der Waals surface area contributed by atoms with Crippen molar-refractivity contribution >= 4 is 28.8 Å². The SMILES string of the molecule is CCCN1C(=O)C(NC2CN(C)c3cc(N)ccc32)N=C(N2CCN(C)CC2)c2ccccc21. The molecule has 2 aromatic rings. The summed E-state index contributed by atoms with van der Waals surface area (Å²) in [5, 5.41) is 3.62. The number of carbonyl (C=O) groups excluding carboxylic acids is 1. The first-order valence-electron chi connectivity index (χ1n) is 12.2. The number of carbonyl (C=O) groups is 1. The molecule has 0 radical (unpaired) electrons. The molecular weight excluding hydrogens is 426 g/mol. The highest BCUT2D eigenvalue weighted by atomic mass is 16.2. The number of benzene rings is 2. The lowest BCUT2D eigenvalue weighted by Gasteiger charge is -2.35. The average Bonchev–Trinajstić information content (AvgIpc) is 3.08. The van der Waals surface area contributed by atoms with Crippen molar-refractivity contribution in [2.24, 2.45) is 4.99 Å². The zero-order valence-corrected chi connectivity index (χ0v) is 20.4. The Balaban J connectivity index is 1.54. The molecule has 0 aromatic heterocycles. The maximum absolute atomic E-state index is 13.9. The number of nitrogen functional groups attached to an aromatic ring is 1. The maximum Gasteiger partial charge on any atom is 0.266 e. The second-order valence-electron chi connectivity index (χ2n) is 9.57. The third-order valence-corrected chi connectivity index (χ3v) is 7.09. The van der Waals surface area contributed by atoms with Gasteiger partial charge in [-0.3, -0.25) is 10.1 Å². The standard InChI is InChI=1S/C26H35N7O/c1-4-11-33-22-8-6-5-7-20(22)25(32-14-12-30(2)13-15-32)29-24(26(33)34)28-21-17-31(3)23-16-18(27)9-10-19(21)23/h5-10,16,21,24,28H,4,11-15,17,27H2,1-3H3. The van der Waals surface area contributed by atoms with Gasteiger partial charge in [-0.15, -0.1) is 0 Å². The third kappa shape index (κ3) is 4.12. The minimum Gasteiger partial charge on any atom is -0.399 e. The molecule has 5 rings (SSSR count). The Kier molecular flexibility index (Phi) is 6.18. The van der Waals surface area contributed by atoms with Crippen molar-refractivity contribution in [2.45, 2.75) is 25.6 Å². The number of fused-ring (bicyclic) bond motifs is 2. The molecule has 1 saturated heterocycles. The Bertz CT molecular complexity index is 1090. The van der Waals surface area contributed by atoms with Crippen LogP contribution in [0.3, 0.4) is 0 Å². The van der Waals surface area contributed by atoms with Gasteiger partial charge in [0.15, 0.2) is 6.17 Å². The summed E-state index contributed by atoms with van der Waals surface area (Å²) in [4.78, 5) is 27.8. The van der Waals surface area contributed by atoms with Gasteiger partial charge >= 0.3 is 0 Å². The first-order valence-corrected chi connectivity index (χ1v) is 12.2. The number of amides is 1. The van der Waals surface area contributed by atoms with Gasteiger partial charge in [0.25, 0.3) is 5.91 Å². The van der Waals surface area contributed by atoms with Gasteiger partial charge in [0.05, 0.1) is 11.7 Å². The maximum atomic E-state index is 13.9. The number of para-hydroxylation sites is 1. The molecule has 8 heteroatoms. The molecule has 3 N–H and O–H groups in total. The topological polar surface area (TPSA) is 80.4 Å². The lowest BCUT2D eigenvalue weighted by molar-refractivity contribution is -0.120. The zero-order valence-electron chi connectivity index (χ0n) is 20.4. The summed E-state index contributed by atoms with van der Waals surface area (Å²) in [6, 6.07) is 14.2. The normalized spacial score (nSPS) is 23.0. The molecule has 1 amide bonds. The van der Waals surface area contributed by atoms with E-state index in [2.05, 4.69) is 59.2 Å². The van der Waals surface area contributed by atoms with Crippen LogP contribution in [-0.4, -0.2) is 81.1 Å². The van der Waals surface area contributed by atoms with E-state index in [9.17, 15) is 4.79 Å². The number of anilines is 3. The summed E-state index contributed by atoms with van der Waals surface area (Å²) in [6.07, 6.45) is 0.223. The molecule has 0 spiro atoms. The average molecular weight is 462 g/mol. The molecular formula is C26H35N7O. The van der Waals surface area contributed by atoms with Crippen molar-refractivity contribution in [3.05, 3.63) is 53.6 Å². The van der Waals surface area contributed by atoms with Crippen LogP contribution >= 0.6 is 0 Å². The van der Waals surface area contributed by atoms with E-state index in [0.29, 0.717) is 6.54 Å². The van der Waals surface area contributed by atoms with Crippen LogP contribution in [0.5, 0.6) is 0 Å². The minimum atomic E-state index is -0.657. The number of benzodiazepines with no additional fused rings is 1. The molecule has 3 aliphatic heterocycles. The first-order chi connectivity index (χ1) is 16.5. The molecule has 180 valence electrons. The Morgan fingerprint density at radius 1 is 1.06 bits per heavy atom. The molecule has 0 saturated carbocycles. The van der Waals surface area contributed by atoms with E-state index in [4.69, 9.17) is 10.7 Å². The van der Waals surface area contributed by atoms with E-state index < -0.39 is 6.17 Å². The monoisotopic (exact) mass is 461 g/mol. The smallest absolute Gasteiger partial charge is 0.266 e. The van der Waals surface area contributed by atoms with Crippen molar-refractivity contribution < 1.29 is 4.79 Å². The van der Waals surface area contributed by atoms with E-state index in [1.54, 1.807) is 0 Å². The number of nitrogens with two attached hydrogens (primary N) is 1. The Hall–Kier alpha value is -3.10. The molecule has 2 unspecified atom stereocenters. The van der Waals surface area contributed by atoms with Gasteiger partial charge in [-0.25, -0.2) is 4.99 Å². The van der Waals surface area contributed by atoms with Crippen LogP contribution in [0.15, 0.2) is 47.5 Å². The predicted molar refractivity (Wildman–Crippen MR) is 138 cm³/mol. The summed E-state index contributed by atoms with van der Waals surface area (Å²) < 4.78 is 0. The number of rotatable bonds is 4. The summed E-state index contributed by atoms with van der Waals surface area (Å²) >= 11 is 0. The zero-order chi connectivity index (χ0) is 23.8. The lowest BCUT2D eigenvalue weighted by atomic mass is 10.1. The van der Waals surface area contributed by atoms with Crippen LogP contribution in [0.4, 0.5) is 17.1 Å². The molecule has 3 heterocycles. The van der Waals surface area contributed by atoms with Crippen molar-refractivity contribution in [1.82, 2.24) is 15.1 Å². The van der Waals surface area contributed by atoms with Crippen molar-refractivity contribution in [3.8, 4) is 0 Å². The van der Waals surface area contributed by atoms with Gasteiger partial charge in [0, 0.05) is 63.3 Å². The number of piperazine rings is 1. The summed E-state index contributed by atoms with van der Waals surface area (Å²) in [6.45, 7) is 7.29. The summed E-state index contributed by atoms with van der Waals surface area (Å²) in [5.41, 5.74) is 11.0. The van der Waals surface area contributed by atoms with Crippen molar-refractivity contribution in [3.63, 3.8) is 0 Å². The fraction of sp³-hybridized carbons (Fsp3) is 0.462. The van der Waals surface area contributed by atoms with Crippen LogP contribution in [0, 0.1) is 0 Å². The summed E-state index contributed by atoms with van der Waals surface area (Å²) in [5.74, 6) is 0.919. The Morgan fingerprint density at radius 2 is 1.82 bits per heavy atom. The fourth-order valence-corrected chi connectivity index (χ4v) is 5.23. The predicted octanol–water partition coefficient (Wildman–Crippen LogP) is 2.13. The molecule has 8 nitrogen and oxygen atoms in total. The van der Waals surface area contributed by atoms with Crippen LogP contribution in [0.1, 0.15) is 30.5 Å². The van der Waals surface area contributed by atoms with Crippen LogP contribution in [-0.2, 0) is 4.79 Å².